The van der Waals surface area contributed by atoms with Gasteiger partial charge in [0, 0.05) is 23.1 Å². The smallest absolute Gasteiger partial charge is 0.264 e. The molecule has 1 atom stereocenters. The molecule has 3 aromatic rings. The van der Waals surface area contributed by atoms with E-state index in [4.69, 9.17) is 27.9 Å². The van der Waals surface area contributed by atoms with E-state index in [1.165, 1.54) is 42.3 Å². The van der Waals surface area contributed by atoms with Gasteiger partial charge in [0.05, 0.1) is 17.7 Å². The molecule has 0 saturated heterocycles. The molecule has 0 heterocycles. The second kappa shape index (κ2) is 13.9. The van der Waals surface area contributed by atoms with Crippen molar-refractivity contribution in [1.82, 2.24) is 10.2 Å². The Kier molecular flexibility index (Phi) is 10.8. The van der Waals surface area contributed by atoms with Gasteiger partial charge in [0.2, 0.25) is 11.8 Å². The predicted octanol–water partition coefficient (Wildman–Crippen LogP) is 5.39. The molecule has 0 aromatic heterocycles. The first-order chi connectivity index (χ1) is 18.9. The summed E-state index contributed by atoms with van der Waals surface area (Å²) in [4.78, 5) is 28.3. The number of halogens is 2. The lowest BCUT2D eigenvalue weighted by atomic mass is 10.1. The minimum absolute atomic E-state index is 0.0369. The highest BCUT2D eigenvalue weighted by Crippen LogP contribution is 2.28. The van der Waals surface area contributed by atoms with Crippen molar-refractivity contribution in [2.75, 3.05) is 24.5 Å². The highest BCUT2D eigenvalue weighted by molar-refractivity contribution is 7.92. The zero-order chi connectivity index (χ0) is 29.4. The number of hydrogen-bond donors (Lipinski definition) is 1. The molecular formula is C29H33Cl2N3O5S. The largest absolute Gasteiger partial charge is 0.497 e. The molecule has 2 amide bonds. The summed E-state index contributed by atoms with van der Waals surface area (Å²) in [7, 11) is -2.74. The number of hydrogen-bond acceptors (Lipinski definition) is 5. The third kappa shape index (κ3) is 8.13. The molecule has 0 spiro atoms. The third-order valence-corrected chi connectivity index (χ3v) is 8.37. The first kappa shape index (κ1) is 31.3. The standard InChI is InChI=1S/C29H33Cl2N3O5S/c1-20(2)17-32-29(36)21(3)33(18-22-7-5-8-23(30)15-22)28(35)19-34(25-10-6-9-24(31)16-25)40(37,38)27-13-11-26(39-4)12-14-27/h5-16,20-21H,17-19H2,1-4H3,(H,32,36)/t21-/m1/s1. The average Bonchev–Trinajstić information content (AvgIpc) is 2.92. The molecule has 11 heteroatoms. The van der Waals surface area contributed by atoms with Crippen LogP contribution in [0.25, 0.3) is 0 Å². The topological polar surface area (TPSA) is 96.0 Å². The Balaban J connectivity index is 2.02. The van der Waals surface area contributed by atoms with E-state index in [1.54, 1.807) is 49.4 Å². The number of amides is 2. The third-order valence-electron chi connectivity index (χ3n) is 6.12. The van der Waals surface area contributed by atoms with Crippen molar-refractivity contribution in [3.63, 3.8) is 0 Å². The molecular weight excluding hydrogens is 573 g/mol. The van der Waals surface area contributed by atoms with Crippen LogP contribution in [0.4, 0.5) is 5.69 Å². The summed E-state index contributed by atoms with van der Waals surface area (Å²) in [5.74, 6) is -0.236. The zero-order valence-corrected chi connectivity index (χ0v) is 25.1. The van der Waals surface area contributed by atoms with Crippen LogP contribution in [0.3, 0.4) is 0 Å². The molecule has 0 radical (unpaired) electrons. The Morgan fingerprint density at radius 2 is 1.55 bits per heavy atom. The summed E-state index contributed by atoms with van der Waals surface area (Å²) < 4.78 is 33.9. The van der Waals surface area contributed by atoms with Gasteiger partial charge in [-0.3, -0.25) is 13.9 Å². The maximum atomic E-state index is 13.9. The van der Waals surface area contributed by atoms with Crippen LogP contribution in [-0.4, -0.2) is 51.4 Å². The fourth-order valence-corrected chi connectivity index (χ4v) is 5.71. The Labute approximate surface area is 245 Å². The van der Waals surface area contributed by atoms with E-state index < -0.39 is 28.5 Å². The van der Waals surface area contributed by atoms with Crippen molar-refractivity contribution in [1.29, 1.82) is 0 Å². The molecule has 0 bridgehead atoms. The quantitative estimate of drug-likeness (QED) is 0.299. The maximum absolute atomic E-state index is 13.9. The van der Waals surface area contributed by atoms with E-state index in [2.05, 4.69) is 5.32 Å². The molecule has 1 N–H and O–H groups in total. The van der Waals surface area contributed by atoms with Crippen molar-refractivity contribution in [3.8, 4) is 5.75 Å². The second-order valence-electron chi connectivity index (χ2n) is 9.63. The van der Waals surface area contributed by atoms with Crippen molar-refractivity contribution in [2.24, 2.45) is 5.92 Å². The Bertz CT molecular complexity index is 1430. The van der Waals surface area contributed by atoms with E-state index in [1.807, 2.05) is 13.8 Å². The van der Waals surface area contributed by atoms with Gasteiger partial charge in [0.1, 0.15) is 18.3 Å². The van der Waals surface area contributed by atoms with E-state index in [0.717, 1.165) is 4.31 Å². The maximum Gasteiger partial charge on any atom is 0.264 e. The number of carbonyl (C=O) groups excluding carboxylic acids is 2. The highest BCUT2D eigenvalue weighted by Gasteiger charge is 2.32. The SMILES string of the molecule is COc1ccc(S(=O)(=O)N(CC(=O)N(Cc2cccc(Cl)c2)[C@H](C)C(=O)NCC(C)C)c2cccc(Cl)c2)cc1. The van der Waals surface area contributed by atoms with Gasteiger partial charge < -0.3 is 15.0 Å². The monoisotopic (exact) mass is 605 g/mol. The van der Waals surface area contributed by atoms with Crippen molar-refractivity contribution in [2.45, 2.75) is 38.3 Å². The molecule has 0 aliphatic carbocycles. The number of anilines is 1. The lowest BCUT2D eigenvalue weighted by Gasteiger charge is -2.32. The molecule has 0 fully saturated rings. The molecule has 3 aromatic carbocycles. The van der Waals surface area contributed by atoms with Gasteiger partial charge in [-0.1, -0.05) is 55.2 Å². The van der Waals surface area contributed by atoms with Gasteiger partial charge in [-0.05, 0) is 73.0 Å². The Morgan fingerprint density at radius 3 is 2.12 bits per heavy atom. The van der Waals surface area contributed by atoms with Crippen molar-refractivity contribution in [3.05, 3.63) is 88.4 Å². The van der Waals surface area contributed by atoms with Crippen molar-refractivity contribution >= 4 is 50.7 Å². The summed E-state index contributed by atoms with van der Waals surface area (Å²) in [5, 5.41) is 3.63. The van der Waals surface area contributed by atoms with Gasteiger partial charge in [-0.2, -0.15) is 0 Å². The summed E-state index contributed by atoms with van der Waals surface area (Å²) in [6.45, 7) is 5.45. The molecule has 3 rings (SSSR count). The highest BCUT2D eigenvalue weighted by atomic mass is 35.5. The molecule has 214 valence electrons. The number of nitrogens with one attached hydrogen (secondary N) is 1. The number of benzene rings is 3. The van der Waals surface area contributed by atoms with Crippen LogP contribution in [0, 0.1) is 5.92 Å². The number of nitrogens with zero attached hydrogens (tertiary/aromatic N) is 2. The van der Waals surface area contributed by atoms with Gasteiger partial charge in [-0.15, -0.1) is 0 Å². The minimum atomic E-state index is -4.22. The summed E-state index contributed by atoms with van der Waals surface area (Å²) >= 11 is 12.4. The van der Waals surface area contributed by atoms with Gasteiger partial charge in [-0.25, -0.2) is 8.42 Å². The normalized spacial score (nSPS) is 12.1. The average molecular weight is 607 g/mol. The minimum Gasteiger partial charge on any atom is -0.497 e. The Hall–Kier alpha value is -3.27. The van der Waals surface area contributed by atoms with E-state index in [9.17, 15) is 18.0 Å². The van der Waals surface area contributed by atoms with Crippen LogP contribution in [0.2, 0.25) is 10.0 Å². The zero-order valence-electron chi connectivity index (χ0n) is 22.8. The van der Waals surface area contributed by atoms with Crippen LogP contribution in [0.1, 0.15) is 26.3 Å². The van der Waals surface area contributed by atoms with Crippen LogP contribution in [-0.2, 0) is 26.2 Å². The van der Waals surface area contributed by atoms with Gasteiger partial charge >= 0.3 is 0 Å². The number of rotatable bonds is 12. The lowest BCUT2D eigenvalue weighted by Crippen LogP contribution is -2.51. The molecule has 0 unspecified atom stereocenters. The molecule has 8 nitrogen and oxygen atoms in total. The number of methoxy groups -OCH3 is 1. The van der Waals surface area contributed by atoms with Gasteiger partial charge in [0.15, 0.2) is 0 Å². The first-order valence-electron chi connectivity index (χ1n) is 12.7. The van der Waals surface area contributed by atoms with Crippen molar-refractivity contribution < 1.29 is 22.7 Å². The number of ether oxygens (including phenoxy) is 1. The second-order valence-corrected chi connectivity index (χ2v) is 12.4. The van der Waals surface area contributed by atoms with E-state index in [0.29, 0.717) is 27.9 Å². The van der Waals surface area contributed by atoms with E-state index >= 15 is 0 Å². The lowest BCUT2D eigenvalue weighted by molar-refractivity contribution is -0.139. The summed E-state index contributed by atoms with van der Waals surface area (Å²) in [5.41, 5.74) is 0.896. The van der Waals surface area contributed by atoms with Crippen LogP contribution in [0.5, 0.6) is 5.75 Å². The molecule has 0 aliphatic rings. The van der Waals surface area contributed by atoms with E-state index in [-0.39, 0.29) is 29.0 Å². The fourth-order valence-electron chi connectivity index (χ4n) is 3.90. The first-order valence-corrected chi connectivity index (χ1v) is 14.9. The number of sulfonamides is 1. The van der Waals surface area contributed by atoms with Crippen LogP contribution in [0.15, 0.2) is 77.7 Å². The molecule has 40 heavy (non-hydrogen) atoms. The predicted molar refractivity (Wildman–Crippen MR) is 158 cm³/mol. The van der Waals surface area contributed by atoms with Crippen LogP contribution < -0.4 is 14.4 Å². The fraction of sp³-hybridized carbons (Fsp3) is 0.310. The molecule has 0 aliphatic heterocycles. The number of carbonyl (C=O) groups is 2. The summed E-state index contributed by atoms with van der Waals surface area (Å²) in [6, 6.07) is 18.1. The van der Waals surface area contributed by atoms with Gasteiger partial charge in [0.25, 0.3) is 10.0 Å². The molecule has 0 saturated carbocycles. The summed E-state index contributed by atoms with van der Waals surface area (Å²) in [6.07, 6.45) is 0. The van der Waals surface area contributed by atoms with Crippen LogP contribution >= 0.6 is 23.2 Å². The Morgan fingerprint density at radius 1 is 0.925 bits per heavy atom.